The van der Waals surface area contributed by atoms with Crippen LogP contribution in [0, 0.1) is 11.6 Å². The largest absolute Gasteiger partial charge is 0.310 e. The molecule has 5 heteroatoms. The quantitative estimate of drug-likeness (QED) is 0.900. The number of aromatic nitrogens is 1. The van der Waals surface area contributed by atoms with Gasteiger partial charge in [0, 0.05) is 29.1 Å². The summed E-state index contributed by atoms with van der Waals surface area (Å²) < 4.78 is 27.0. The summed E-state index contributed by atoms with van der Waals surface area (Å²) in [6, 6.07) is 4.05. The van der Waals surface area contributed by atoms with Crippen molar-refractivity contribution in [1.29, 1.82) is 0 Å². The maximum atomic E-state index is 13.8. The van der Waals surface area contributed by atoms with Crippen LogP contribution in [-0.2, 0) is 6.42 Å². The fourth-order valence-electron chi connectivity index (χ4n) is 1.87. The fourth-order valence-corrected chi connectivity index (χ4v) is 2.51. The predicted molar refractivity (Wildman–Crippen MR) is 68.6 cm³/mol. The van der Waals surface area contributed by atoms with Crippen LogP contribution in [-0.4, -0.2) is 11.5 Å². The molecule has 0 aliphatic rings. The molecular formula is C13H14F2N2S. The van der Waals surface area contributed by atoms with E-state index in [4.69, 9.17) is 0 Å². The van der Waals surface area contributed by atoms with Crippen molar-refractivity contribution in [2.24, 2.45) is 0 Å². The van der Waals surface area contributed by atoms with E-state index in [1.807, 2.05) is 6.92 Å². The van der Waals surface area contributed by atoms with E-state index < -0.39 is 11.6 Å². The number of nitrogens with one attached hydrogen (secondary N) is 1. The van der Waals surface area contributed by atoms with Crippen LogP contribution in [0.1, 0.15) is 23.4 Å². The molecule has 0 saturated carbocycles. The first-order valence-corrected chi connectivity index (χ1v) is 6.65. The Morgan fingerprint density at radius 2 is 2.22 bits per heavy atom. The lowest BCUT2D eigenvalue weighted by Gasteiger charge is -2.18. The molecule has 1 N–H and O–H groups in total. The molecule has 0 aliphatic carbocycles. The summed E-state index contributed by atoms with van der Waals surface area (Å²) in [5, 5.41) is 3.18. The molecule has 1 atom stereocenters. The van der Waals surface area contributed by atoms with Gasteiger partial charge < -0.3 is 5.32 Å². The second kappa shape index (κ2) is 6.02. The van der Waals surface area contributed by atoms with Crippen molar-refractivity contribution in [2.75, 3.05) is 6.54 Å². The Balaban J connectivity index is 2.26. The van der Waals surface area contributed by atoms with Gasteiger partial charge >= 0.3 is 0 Å². The molecule has 1 aromatic carbocycles. The number of nitrogens with zero attached hydrogens (tertiary/aromatic N) is 1. The molecule has 0 saturated heterocycles. The number of hydrogen-bond acceptors (Lipinski definition) is 3. The first kappa shape index (κ1) is 13.1. The van der Waals surface area contributed by atoms with Crippen molar-refractivity contribution >= 4 is 11.3 Å². The summed E-state index contributed by atoms with van der Waals surface area (Å²) >= 11 is 1.51. The average Bonchev–Trinajstić information content (AvgIpc) is 2.85. The van der Waals surface area contributed by atoms with E-state index in [1.165, 1.54) is 17.4 Å². The Morgan fingerprint density at radius 1 is 1.39 bits per heavy atom. The summed E-state index contributed by atoms with van der Waals surface area (Å²) in [5.41, 5.74) is 2.10. The summed E-state index contributed by atoms with van der Waals surface area (Å²) in [5.74, 6) is -1.58. The number of likely N-dealkylation sites (N-methyl/N-ethyl adjacent to an activating group) is 1. The minimum atomic E-state index is -0.806. The lowest BCUT2D eigenvalue weighted by atomic mass is 10.0. The monoisotopic (exact) mass is 268 g/mol. The van der Waals surface area contributed by atoms with Crippen molar-refractivity contribution in [3.63, 3.8) is 0 Å². The minimum Gasteiger partial charge on any atom is -0.310 e. The number of benzene rings is 1. The van der Waals surface area contributed by atoms with Gasteiger partial charge in [0.1, 0.15) is 0 Å². The summed E-state index contributed by atoms with van der Waals surface area (Å²) in [7, 11) is 0. The van der Waals surface area contributed by atoms with Crippen molar-refractivity contribution in [1.82, 2.24) is 10.3 Å². The summed E-state index contributed by atoms with van der Waals surface area (Å²) in [4.78, 5) is 5.04. The minimum absolute atomic E-state index is 0.230. The molecular weight excluding hydrogens is 254 g/mol. The van der Waals surface area contributed by atoms with E-state index in [-0.39, 0.29) is 6.04 Å². The number of halogens is 2. The van der Waals surface area contributed by atoms with Gasteiger partial charge in [-0.2, -0.15) is 0 Å². The molecule has 96 valence electrons. The smallest absolute Gasteiger partial charge is 0.163 e. The third-order valence-corrected chi connectivity index (χ3v) is 3.50. The van der Waals surface area contributed by atoms with Gasteiger partial charge in [-0.1, -0.05) is 19.1 Å². The third-order valence-electron chi connectivity index (χ3n) is 2.70. The van der Waals surface area contributed by atoms with Gasteiger partial charge in [0.2, 0.25) is 0 Å². The Bertz CT molecular complexity index is 500. The van der Waals surface area contributed by atoms with Crippen LogP contribution in [0.5, 0.6) is 0 Å². The Morgan fingerprint density at radius 3 is 2.89 bits per heavy atom. The van der Waals surface area contributed by atoms with Crippen LogP contribution in [0.2, 0.25) is 0 Å². The highest BCUT2D eigenvalue weighted by Crippen LogP contribution is 2.24. The molecule has 0 radical (unpaired) electrons. The van der Waals surface area contributed by atoms with Crippen LogP contribution < -0.4 is 5.32 Å². The van der Waals surface area contributed by atoms with Crippen molar-refractivity contribution in [2.45, 2.75) is 19.4 Å². The van der Waals surface area contributed by atoms with Crippen molar-refractivity contribution in [3.8, 4) is 0 Å². The van der Waals surface area contributed by atoms with Gasteiger partial charge in [-0.3, -0.25) is 4.98 Å². The normalized spacial score (nSPS) is 12.6. The molecule has 2 aromatic rings. The van der Waals surface area contributed by atoms with Gasteiger partial charge in [-0.15, -0.1) is 11.3 Å². The number of thiazole rings is 1. The van der Waals surface area contributed by atoms with Crippen LogP contribution in [0.3, 0.4) is 0 Å². The molecule has 0 bridgehead atoms. The Kier molecular flexibility index (Phi) is 4.38. The zero-order chi connectivity index (χ0) is 13.0. The molecule has 0 aliphatic heterocycles. The maximum Gasteiger partial charge on any atom is 0.163 e. The summed E-state index contributed by atoms with van der Waals surface area (Å²) in [6.45, 7) is 2.64. The van der Waals surface area contributed by atoms with Crippen LogP contribution in [0.4, 0.5) is 8.78 Å². The van der Waals surface area contributed by atoms with Gasteiger partial charge in [0.05, 0.1) is 5.51 Å². The van der Waals surface area contributed by atoms with Crippen molar-refractivity contribution in [3.05, 3.63) is 52.0 Å². The third kappa shape index (κ3) is 2.91. The van der Waals surface area contributed by atoms with Gasteiger partial charge in [0.15, 0.2) is 11.6 Å². The summed E-state index contributed by atoms with van der Waals surface area (Å²) in [6.07, 6.45) is 2.37. The lowest BCUT2D eigenvalue weighted by molar-refractivity contribution is 0.465. The van der Waals surface area contributed by atoms with E-state index in [0.717, 1.165) is 10.9 Å². The number of hydrogen-bond donors (Lipinski definition) is 1. The second-order valence-corrected chi connectivity index (χ2v) is 4.90. The zero-order valence-electron chi connectivity index (χ0n) is 9.99. The maximum absolute atomic E-state index is 13.8. The predicted octanol–water partition coefficient (Wildman–Crippen LogP) is 3.31. The van der Waals surface area contributed by atoms with Crippen LogP contribution in [0.15, 0.2) is 29.9 Å². The second-order valence-electron chi connectivity index (χ2n) is 3.93. The molecule has 0 fully saturated rings. The molecule has 0 spiro atoms. The van der Waals surface area contributed by atoms with E-state index in [9.17, 15) is 8.78 Å². The molecule has 0 amide bonds. The highest BCUT2D eigenvalue weighted by molar-refractivity contribution is 7.09. The zero-order valence-corrected chi connectivity index (χ0v) is 10.8. The molecule has 18 heavy (non-hydrogen) atoms. The van der Waals surface area contributed by atoms with Gasteiger partial charge in [0.25, 0.3) is 0 Å². The topological polar surface area (TPSA) is 24.9 Å². The fraction of sp³-hybridized carbons (Fsp3) is 0.308. The molecule has 2 rings (SSSR count). The SMILES string of the molecule is CCNC(Cc1cncs1)c1cccc(F)c1F. The molecule has 1 aromatic heterocycles. The molecule has 2 nitrogen and oxygen atoms in total. The van der Waals surface area contributed by atoms with Gasteiger partial charge in [-0.05, 0) is 12.6 Å². The first-order chi connectivity index (χ1) is 8.72. The van der Waals surface area contributed by atoms with E-state index >= 15 is 0 Å². The van der Waals surface area contributed by atoms with E-state index in [0.29, 0.717) is 18.5 Å². The van der Waals surface area contributed by atoms with Crippen LogP contribution in [0.25, 0.3) is 0 Å². The standard InChI is InChI=1S/C13H14F2N2S/c1-2-17-12(6-9-7-16-8-18-9)10-4-3-5-11(14)13(10)15/h3-5,7-8,12,17H,2,6H2,1H3. The molecule has 1 heterocycles. The van der Waals surface area contributed by atoms with E-state index in [2.05, 4.69) is 10.3 Å². The van der Waals surface area contributed by atoms with Crippen LogP contribution >= 0.6 is 11.3 Å². The Hall–Kier alpha value is -1.33. The number of rotatable bonds is 5. The first-order valence-electron chi connectivity index (χ1n) is 5.77. The Labute approximate surface area is 109 Å². The average molecular weight is 268 g/mol. The lowest BCUT2D eigenvalue weighted by Crippen LogP contribution is -2.24. The van der Waals surface area contributed by atoms with Gasteiger partial charge in [-0.25, -0.2) is 8.78 Å². The highest BCUT2D eigenvalue weighted by Gasteiger charge is 2.18. The van der Waals surface area contributed by atoms with Crippen molar-refractivity contribution < 1.29 is 8.78 Å². The van der Waals surface area contributed by atoms with E-state index in [1.54, 1.807) is 17.8 Å². The molecule has 1 unspecified atom stereocenters. The highest BCUT2D eigenvalue weighted by atomic mass is 32.1.